The Bertz CT molecular complexity index is 2650. The summed E-state index contributed by atoms with van der Waals surface area (Å²) in [6.07, 6.45) is 2.28. The fourth-order valence-corrected chi connectivity index (χ4v) is 10.0. The van der Waals surface area contributed by atoms with Crippen LogP contribution >= 0.6 is 22.7 Å². The van der Waals surface area contributed by atoms with E-state index in [1.807, 2.05) is 48.5 Å². The van der Waals surface area contributed by atoms with E-state index in [1.54, 1.807) is 22.7 Å². The molecule has 0 atom stereocenters. The molecule has 2 heterocycles. The number of nitrogens with zero attached hydrogens (tertiary/aromatic N) is 2. The highest BCUT2D eigenvalue weighted by Crippen LogP contribution is 2.59. The van der Waals surface area contributed by atoms with Crippen LogP contribution in [0.5, 0.6) is 11.5 Å². The van der Waals surface area contributed by atoms with Crippen molar-refractivity contribution in [1.82, 2.24) is 9.97 Å². The Kier molecular flexibility index (Phi) is 8.84. The van der Waals surface area contributed by atoms with Crippen LogP contribution in [0.15, 0.2) is 135 Å². The van der Waals surface area contributed by atoms with E-state index in [4.69, 9.17) is 28.9 Å². The van der Waals surface area contributed by atoms with Crippen molar-refractivity contribution in [3.05, 3.63) is 156 Å². The minimum absolute atomic E-state index is 0.101. The molecule has 1 aliphatic rings. The molecule has 0 fully saturated rings. The molecule has 0 unspecified atom stereocenters. The number of ether oxygens (including phenoxy) is 4. The summed E-state index contributed by atoms with van der Waals surface area (Å²) < 4.78 is 24.8. The normalized spacial score (nSPS) is 12.7. The standard InChI is InChI=1S/C45H32N2O6S2/c1-3-39(48)52-23-21-50-35-25-37-41(31-17-7-5-15-29(31)35)46-43(54-37)45(33-19-11-9-13-27(33)28-14-10-12-20-34(28)45)44-47-42-32-18-8-6-16-30(32)36(26-38(42)55-44)51-22-24-53-40(49)4-2/h3-20,25-26H,1-2,21-24H2. The highest BCUT2D eigenvalue weighted by Gasteiger charge is 2.50. The maximum absolute atomic E-state index is 11.7. The van der Waals surface area contributed by atoms with Gasteiger partial charge in [0, 0.05) is 45.8 Å². The van der Waals surface area contributed by atoms with E-state index in [2.05, 4.69) is 73.8 Å². The number of rotatable bonds is 12. The molecule has 55 heavy (non-hydrogen) atoms. The molecule has 10 heteroatoms. The SMILES string of the molecule is C=CC(=O)OCCOc1cc2sc(C3(c4nc5c(cc(OCCOC(=O)C=C)c6ccccc65)s4)c4ccccc4-c4ccccc43)nc2c2ccccc12. The van der Waals surface area contributed by atoms with Gasteiger partial charge in [0.1, 0.15) is 53.4 Å². The molecule has 8 aromatic rings. The zero-order valence-corrected chi connectivity index (χ0v) is 31.1. The van der Waals surface area contributed by atoms with E-state index < -0.39 is 17.4 Å². The van der Waals surface area contributed by atoms with E-state index >= 15 is 0 Å². The lowest BCUT2D eigenvalue weighted by molar-refractivity contribution is -0.139. The van der Waals surface area contributed by atoms with Gasteiger partial charge in [-0.3, -0.25) is 0 Å². The van der Waals surface area contributed by atoms with Gasteiger partial charge in [-0.15, -0.1) is 22.7 Å². The predicted molar refractivity (Wildman–Crippen MR) is 218 cm³/mol. The third-order valence-corrected chi connectivity index (χ3v) is 12.1. The van der Waals surface area contributed by atoms with Crippen molar-refractivity contribution in [3.8, 4) is 22.6 Å². The van der Waals surface area contributed by atoms with Crippen LogP contribution in [0.2, 0.25) is 0 Å². The maximum Gasteiger partial charge on any atom is 0.330 e. The van der Waals surface area contributed by atoms with Gasteiger partial charge >= 0.3 is 11.9 Å². The quantitative estimate of drug-likeness (QED) is 0.0690. The van der Waals surface area contributed by atoms with Crippen LogP contribution in [-0.2, 0) is 24.5 Å². The Morgan fingerprint density at radius 3 is 1.40 bits per heavy atom. The molecular weight excluding hydrogens is 729 g/mol. The monoisotopic (exact) mass is 760 g/mol. The van der Waals surface area contributed by atoms with Crippen molar-refractivity contribution in [2.45, 2.75) is 5.41 Å². The second-order valence-electron chi connectivity index (χ2n) is 12.9. The average molecular weight is 761 g/mol. The minimum atomic E-state index is -0.831. The first-order chi connectivity index (χ1) is 27.0. The third-order valence-electron chi connectivity index (χ3n) is 9.82. The number of hydrogen-bond donors (Lipinski definition) is 0. The zero-order chi connectivity index (χ0) is 37.5. The Balaban J connectivity index is 1.24. The van der Waals surface area contributed by atoms with Crippen molar-refractivity contribution >= 4 is 76.6 Å². The molecule has 0 radical (unpaired) electrons. The van der Waals surface area contributed by atoms with E-state index in [9.17, 15) is 9.59 Å². The fraction of sp³-hybridized carbons (Fsp3) is 0.111. The van der Waals surface area contributed by atoms with Gasteiger partial charge in [0.15, 0.2) is 0 Å². The second-order valence-corrected chi connectivity index (χ2v) is 14.9. The molecule has 0 aliphatic heterocycles. The molecule has 0 bridgehead atoms. The molecule has 0 N–H and O–H groups in total. The zero-order valence-electron chi connectivity index (χ0n) is 29.5. The van der Waals surface area contributed by atoms with Gasteiger partial charge in [-0.2, -0.15) is 0 Å². The first kappa shape index (κ1) is 34.4. The Morgan fingerprint density at radius 1 is 0.564 bits per heavy atom. The van der Waals surface area contributed by atoms with Crippen LogP contribution in [0.25, 0.3) is 53.1 Å². The fourth-order valence-electron chi connectivity index (χ4n) is 7.50. The van der Waals surface area contributed by atoms with Crippen molar-refractivity contribution in [2.75, 3.05) is 26.4 Å². The Hall–Kier alpha value is -6.36. The molecule has 2 aromatic heterocycles. The number of carbonyl (C=O) groups is 2. The number of benzene rings is 6. The smallest absolute Gasteiger partial charge is 0.330 e. The lowest BCUT2D eigenvalue weighted by atomic mass is 9.79. The van der Waals surface area contributed by atoms with Crippen LogP contribution in [0.4, 0.5) is 0 Å². The second kappa shape index (κ2) is 14.1. The molecule has 0 amide bonds. The van der Waals surface area contributed by atoms with E-state index in [-0.39, 0.29) is 26.4 Å². The van der Waals surface area contributed by atoms with E-state index in [0.29, 0.717) is 11.5 Å². The van der Waals surface area contributed by atoms with Gasteiger partial charge in [-0.1, -0.05) is 110 Å². The minimum Gasteiger partial charge on any atom is -0.489 e. The number of fused-ring (bicyclic) bond motifs is 9. The summed E-state index contributed by atoms with van der Waals surface area (Å²) in [6.45, 7) is 7.52. The lowest BCUT2D eigenvalue weighted by Crippen LogP contribution is -2.28. The number of hydrogen-bond acceptors (Lipinski definition) is 10. The number of thiazole rings is 2. The van der Waals surface area contributed by atoms with Crippen molar-refractivity contribution in [3.63, 3.8) is 0 Å². The summed E-state index contributed by atoms with van der Waals surface area (Å²) in [5, 5.41) is 5.55. The average Bonchev–Trinajstić information content (AvgIpc) is 3.94. The van der Waals surface area contributed by atoms with Crippen molar-refractivity contribution < 1.29 is 28.5 Å². The molecule has 8 nitrogen and oxygen atoms in total. The van der Waals surface area contributed by atoms with Gasteiger partial charge in [-0.25, -0.2) is 19.6 Å². The van der Waals surface area contributed by atoms with Crippen LogP contribution in [0.3, 0.4) is 0 Å². The van der Waals surface area contributed by atoms with Crippen molar-refractivity contribution in [1.29, 1.82) is 0 Å². The topological polar surface area (TPSA) is 96.8 Å². The van der Waals surface area contributed by atoms with Crippen LogP contribution in [-0.4, -0.2) is 48.3 Å². The largest absolute Gasteiger partial charge is 0.489 e. The van der Waals surface area contributed by atoms with Gasteiger partial charge in [0.25, 0.3) is 0 Å². The molecule has 0 spiro atoms. The van der Waals surface area contributed by atoms with Gasteiger partial charge in [0.2, 0.25) is 0 Å². The summed E-state index contributed by atoms with van der Waals surface area (Å²) in [5.41, 5.74) is 5.43. The Labute approximate surface area is 323 Å². The molecular formula is C45H32N2O6S2. The highest BCUT2D eigenvalue weighted by atomic mass is 32.1. The van der Waals surface area contributed by atoms with E-state index in [0.717, 1.165) is 86.4 Å². The lowest BCUT2D eigenvalue weighted by Gasteiger charge is -2.27. The summed E-state index contributed by atoms with van der Waals surface area (Å²) in [7, 11) is 0. The molecule has 9 rings (SSSR count). The van der Waals surface area contributed by atoms with Crippen LogP contribution in [0, 0.1) is 0 Å². The number of aromatic nitrogens is 2. The first-order valence-corrected chi connectivity index (χ1v) is 19.3. The van der Waals surface area contributed by atoms with Crippen LogP contribution < -0.4 is 9.47 Å². The van der Waals surface area contributed by atoms with Gasteiger partial charge in [0.05, 0.1) is 20.4 Å². The first-order valence-electron chi connectivity index (χ1n) is 17.7. The van der Waals surface area contributed by atoms with E-state index in [1.165, 1.54) is 0 Å². The summed E-state index contributed by atoms with van der Waals surface area (Å²) in [4.78, 5) is 34.4. The third kappa shape index (κ3) is 5.73. The molecule has 6 aromatic carbocycles. The Morgan fingerprint density at radius 2 is 0.964 bits per heavy atom. The maximum atomic E-state index is 11.7. The molecule has 0 saturated heterocycles. The summed E-state index contributed by atoms with van der Waals surface area (Å²) in [6, 6.07) is 37.3. The number of carbonyl (C=O) groups excluding carboxylic acids is 2. The molecule has 270 valence electrons. The highest BCUT2D eigenvalue weighted by molar-refractivity contribution is 7.20. The van der Waals surface area contributed by atoms with Gasteiger partial charge in [-0.05, 0) is 22.3 Å². The number of esters is 2. The van der Waals surface area contributed by atoms with Crippen LogP contribution in [0.1, 0.15) is 21.1 Å². The summed E-state index contributed by atoms with van der Waals surface area (Å²) in [5.74, 6) is 0.396. The summed E-state index contributed by atoms with van der Waals surface area (Å²) >= 11 is 3.26. The molecule has 0 saturated carbocycles. The van der Waals surface area contributed by atoms with Crippen molar-refractivity contribution in [2.24, 2.45) is 0 Å². The predicted octanol–water partition coefficient (Wildman–Crippen LogP) is 9.79. The molecule has 1 aliphatic carbocycles. The van der Waals surface area contributed by atoms with Gasteiger partial charge < -0.3 is 18.9 Å².